The number of nitrogen functional groups attached to an aromatic ring is 1. The lowest BCUT2D eigenvalue weighted by molar-refractivity contribution is 0.250. The predicted octanol–water partition coefficient (Wildman–Crippen LogP) is 2.64. The third-order valence-electron chi connectivity index (χ3n) is 3.42. The number of benzene rings is 1. The van der Waals surface area contributed by atoms with Gasteiger partial charge in [-0.3, -0.25) is 0 Å². The van der Waals surface area contributed by atoms with Gasteiger partial charge in [0.1, 0.15) is 5.82 Å². The summed E-state index contributed by atoms with van der Waals surface area (Å²) in [7, 11) is 0. The molecule has 1 aliphatic rings. The van der Waals surface area contributed by atoms with Crippen molar-refractivity contribution in [3.63, 3.8) is 0 Å². The second-order valence-corrected chi connectivity index (χ2v) is 5.53. The zero-order valence-corrected chi connectivity index (χ0v) is 10.8. The molecular formula is C13H18FN3O. The molecule has 0 heterocycles. The summed E-state index contributed by atoms with van der Waals surface area (Å²) in [6.45, 7) is 5.86. The first-order valence-electron chi connectivity index (χ1n) is 5.93. The van der Waals surface area contributed by atoms with Crippen LogP contribution in [-0.2, 0) is 0 Å². The van der Waals surface area contributed by atoms with Crippen LogP contribution in [0.1, 0.15) is 25.8 Å². The summed E-state index contributed by atoms with van der Waals surface area (Å²) in [5, 5.41) is 5.28. The zero-order valence-electron chi connectivity index (χ0n) is 10.8. The van der Waals surface area contributed by atoms with Crippen molar-refractivity contribution < 1.29 is 9.18 Å². The molecule has 0 aromatic heterocycles. The lowest BCUT2D eigenvalue weighted by atomic mass is 10.2. The lowest BCUT2D eigenvalue weighted by Gasteiger charge is -2.11. The van der Waals surface area contributed by atoms with Crippen molar-refractivity contribution >= 4 is 17.4 Å². The van der Waals surface area contributed by atoms with E-state index in [4.69, 9.17) is 5.73 Å². The first kappa shape index (κ1) is 12.7. The van der Waals surface area contributed by atoms with Gasteiger partial charge in [-0.15, -0.1) is 0 Å². The monoisotopic (exact) mass is 251 g/mol. The van der Waals surface area contributed by atoms with E-state index >= 15 is 0 Å². The third kappa shape index (κ3) is 2.55. The van der Waals surface area contributed by atoms with Crippen molar-refractivity contribution in [3.8, 4) is 0 Å². The van der Waals surface area contributed by atoms with Crippen LogP contribution in [0.4, 0.5) is 20.6 Å². The molecule has 5 heteroatoms. The van der Waals surface area contributed by atoms with Gasteiger partial charge in [0.25, 0.3) is 0 Å². The summed E-state index contributed by atoms with van der Waals surface area (Å²) in [5.74, 6) is -0.480. The first-order valence-corrected chi connectivity index (χ1v) is 5.93. The molecule has 1 saturated carbocycles. The lowest BCUT2D eigenvalue weighted by Crippen LogP contribution is -2.32. The van der Waals surface area contributed by atoms with Gasteiger partial charge in [-0.25, -0.2) is 9.18 Å². The Hall–Kier alpha value is -1.78. The summed E-state index contributed by atoms with van der Waals surface area (Å²) >= 11 is 0. The number of nitrogens with two attached hydrogens (primary N) is 1. The number of carbonyl (C=O) groups is 1. The van der Waals surface area contributed by atoms with Crippen LogP contribution in [0.2, 0.25) is 0 Å². The van der Waals surface area contributed by atoms with Gasteiger partial charge in [0.05, 0.1) is 5.69 Å². The molecule has 0 aliphatic heterocycles. The number of anilines is 2. The standard InChI is InChI=1S/C13H18FN3O/c1-7-4-8(14)10(5-9(7)15)16-12(18)17-11-6-13(11,2)3/h4-5,11H,6,15H2,1-3H3,(H2,16,17,18). The molecule has 1 aliphatic carbocycles. The number of hydrogen-bond acceptors (Lipinski definition) is 2. The quantitative estimate of drug-likeness (QED) is 0.707. The zero-order chi connectivity index (χ0) is 13.5. The molecule has 1 aromatic rings. The van der Waals surface area contributed by atoms with Gasteiger partial charge in [-0.2, -0.15) is 0 Å². The van der Waals surface area contributed by atoms with E-state index < -0.39 is 11.8 Å². The van der Waals surface area contributed by atoms with Crippen LogP contribution in [-0.4, -0.2) is 12.1 Å². The summed E-state index contributed by atoms with van der Waals surface area (Å²) in [6.07, 6.45) is 0.943. The molecule has 0 spiro atoms. The van der Waals surface area contributed by atoms with Gasteiger partial charge in [-0.1, -0.05) is 13.8 Å². The molecular weight excluding hydrogens is 233 g/mol. The van der Waals surface area contributed by atoms with Crippen molar-refractivity contribution in [1.29, 1.82) is 0 Å². The molecule has 1 atom stereocenters. The number of halogens is 1. The van der Waals surface area contributed by atoms with Crippen molar-refractivity contribution in [2.75, 3.05) is 11.1 Å². The second-order valence-electron chi connectivity index (χ2n) is 5.53. The van der Waals surface area contributed by atoms with Crippen LogP contribution >= 0.6 is 0 Å². The minimum Gasteiger partial charge on any atom is -0.398 e. The van der Waals surface area contributed by atoms with E-state index in [1.165, 1.54) is 12.1 Å². The fraction of sp³-hybridized carbons (Fsp3) is 0.462. The van der Waals surface area contributed by atoms with Crippen molar-refractivity contribution in [3.05, 3.63) is 23.5 Å². The van der Waals surface area contributed by atoms with E-state index in [-0.39, 0.29) is 17.1 Å². The summed E-state index contributed by atoms with van der Waals surface area (Å²) in [5.41, 5.74) is 7.04. The van der Waals surface area contributed by atoms with E-state index in [2.05, 4.69) is 24.5 Å². The van der Waals surface area contributed by atoms with Gasteiger partial charge in [0, 0.05) is 11.7 Å². The van der Waals surface area contributed by atoms with E-state index in [1.807, 2.05) is 0 Å². The Bertz CT molecular complexity index is 499. The molecule has 4 nitrogen and oxygen atoms in total. The Kier molecular flexibility index (Phi) is 2.92. The highest BCUT2D eigenvalue weighted by atomic mass is 19.1. The maximum absolute atomic E-state index is 13.6. The maximum Gasteiger partial charge on any atom is 0.319 e. The molecule has 18 heavy (non-hydrogen) atoms. The highest BCUT2D eigenvalue weighted by molar-refractivity contribution is 5.90. The van der Waals surface area contributed by atoms with Crippen molar-refractivity contribution in [1.82, 2.24) is 5.32 Å². The molecule has 0 radical (unpaired) electrons. The summed E-state index contributed by atoms with van der Waals surface area (Å²) in [4.78, 5) is 11.7. The number of rotatable bonds is 2. The first-order chi connectivity index (χ1) is 8.29. The molecule has 1 fully saturated rings. The normalized spacial score (nSPS) is 20.3. The Labute approximate surface area is 106 Å². The number of urea groups is 1. The molecule has 98 valence electrons. The minimum absolute atomic E-state index is 0.106. The minimum atomic E-state index is -0.480. The fourth-order valence-electron chi connectivity index (χ4n) is 1.82. The molecule has 1 unspecified atom stereocenters. The topological polar surface area (TPSA) is 67.2 Å². The Morgan fingerprint density at radius 3 is 2.67 bits per heavy atom. The van der Waals surface area contributed by atoms with E-state index in [0.717, 1.165) is 6.42 Å². The molecule has 1 aromatic carbocycles. The van der Waals surface area contributed by atoms with Crippen LogP contribution in [0, 0.1) is 18.2 Å². The number of nitrogens with one attached hydrogen (secondary N) is 2. The molecule has 2 rings (SSSR count). The van der Waals surface area contributed by atoms with Crippen molar-refractivity contribution in [2.45, 2.75) is 33.2 Å². The van der Waals surface area contributed by atoms with Crippen LogP contribution in [0.25, 0.3) is 0 Å². The SMILES string of the molecule is Cc1cc(F)c(NC(=O)NC2CC2(C)C)cc1N. The largest absolute Gasteiger partial charge is 0.398 e. The van der Waals surface area contributed by atoms with Gasteiger partial charge >= 0.3 is 6.03 Å². The fourth-order valence-corrected chi connectivity index (χ4v) is 1.82. The average Bonchev–Trinajstić information content (AvgIpc) is 2.82. The van der Waals surface area contributed by atoms with Gasteiger partial charge in [-0.05, 0) is 36.5 Å². The smallest absolute Gasteiger partial charge is 0.319 e. The van der Waals surface area contributed by atoms with E-state index in [1.54, 1.807) is 6.92 Å². The Balaban J connectivity index is 2.01. The molecule has 0 saturated heterocycles. The number of hydrogen-bond donors (Lipinski definition) is 3. The highest BCUT2D eigenvalue weighted by Crippen LogP contribution is 2.44. The third-order valence-corrected chi connectivity index (χ3v) is 3.42. The van der Waals surface area contributed by atoms with Crippen LogP contribution < -0.4 is 16.4 Å². The van der Waals surface area contributed by atoms with Gasteiger partial charge in [0.2, 0.25) is 0 Å². The van der Waals surface area contributed by atoms with Crippen molar-refractivity contribution in [2.24, 2.45) is 5.41 Å². The summed E-state index contributed by atoms with van der Waals surface area (Å²) in [6, 6.07) is 2.50. The number of amides is 2. The van der Waals surface area contributed by atoms with E-state index in [0.29, 0.717) is 11.3 Å². The summed E-state index contributed by atoms with van der Waals surface area (Å²) < 4.78 is 13.6. The molecule has 4 N–H and O–H groups in total. The highest BCUT2D eigenvalue weighted by Gasteiger charge is 2.46. The Morgan fingerprint density at radius 1 is 1.50 bits per heavy atom. The number of aryl methyl sites for hydroxylation is 1. The van der Waals surface area contributed by atoms with E-state index in [9.17, 15) is 9.18 Å². The van der Waals surface area contributed by atoms with Gasteiger partial charge < -0.3 is 16.4 Å². The van der Waals surface area contributed by atoms with Gasteiger partial charge in [0.15, 0.2) is 0 Å². The van der Waals surface area contributed by atoms with Crippen LogP contribution in [0.5, 0.6) is 0 Å². The van der Waals surface area contributed by atoms with Crippen LogP contribution in [0.15, 0.2) is 12.1 Å². The molecule has 0 bridgehead atoms. The number of carbonyl (C=O) groups excluding carboxylic acids is 1. The van der Waals surface area contributed by atoms with Crippen LogP contribution in [0.3, 0.4) is 0 Å². The maximum atomic E-state index is 13.6. The average molecular weight is 251 g/mol. The Morgan fingerprint density at radius 2 is 2.11 bits per heavy atom. The second kappa shape index (κ2) is 4.15. The predicted molar refractivity (Wildman–Crippen MR) is 69.9 cm³/mol. The molecule has 2 amide bonds.